The van der Waals surface area contributed by atoms with E-state index in [-0.39, 0.29) is 6.10 Å². The van der Waals surface area contributed by atoms with Gasteiger partial charge in [0.15, 0.2) is 0 Å². The van der Waals surface area contributed by atoms with Crippen LogP contribution in [0.1, 0.15) is 55.6 Å². The highest BCUT2D eigenvalue weighted by molar-refractivity contribution is 7.99. The first-order chi connectivity index (χ1) is 9.83. The Hall–Kier alpha value is -0.470. The minimum Gasteiger partial charge on any atom is -0.393 e. The zero-order valence-corrected chi connectivity index (χ0v) is 13.1. The summed E-state index contributed by atoms with van der Waals surface area (Å²) in [6.07, 6.45) is 8.29. The minimum absolute atomic E-state index is 0.0979. The molecule has 2 aliphatic rings. The van der Waals surface area contributed by atoms with Gasteiger partial charge >= 0.3 is 0 Å². The zero-order valence-electron chi connectivity index (χ0n) is 12.3. The number of hydrogen-bond acceptors (Lipinski definition) is 2. The van der Waals surface area contributed by atoms with Crippen molar-refractivity contribution in [1.82, 2.24) is 0 Å². The first-order valence-corrected chi connectivity index (χ1v) is 9.32. The van der Waals surface area contributed by atoms with Gasteiger partial charge < -0.3 is 5.11 Å². The van der Waals surface area contributed by atoms with Crippen LogP contribution in [0.3, 0.4) is 0 Å². The fourth-order valence-corrected chi connectivity index (χ4v) is 5.10. The van der Waals surface area contributed by atoms with Gasteiger partial charge in [0, 0.05) is 0 Å². The molecule has 2 heteroatoms. The van der Waals surface area contributed by atoms with Crippen molar-refractivity contribution in [2.45, 2.75) is 57.0 Å². The third kappa shape index (κ3) is 3.59. The van der Waals surface area contributed by atoms with Crippen LogP contribution < -0.4 is 0 Å². The molecule has 1 aliphatic carbocycles. The first-order valence-electron chi connectivity index (χ1n) is 8.16. The third-order valence-electron chi connectivity index (χ3n) is 5.00. The monoisotopic (exact) mass is 290 g/mol. The van der Waals surface area contributed by atoms with Crippen molar-refractivity contribution in [1.29, 1.82) is 0 Å². The molecule has 110 valence electrons. The summed E-state index contributed by atoms with van der Waals surface area (Å²) in [5.41, 5.74) is 3.03. The molecule has 1 heterocycles. The van der Waals surface area contributed by atoms with E-state index < -0.39 is 0 Å². The second-order valence-electron chi connectivity index (χ2n) is 6.47. The molecular formula is C18H26OS. The predicted octanol–water partition coefficient (Wildman–Crippen LogP) is 4.39. The van der Waals surface area contributed by atoms with Crippen molar-refractivity contribution in [2.75, 3.05) is 11.5 Å². The fourth-order valence-electron chi connectivity index (χ4n) is 3.89. The lowest BCUT2D eigenvalue weighted by molar-refractivity contribution is 0.120. The van der Waals surface area contributed by atoms with E-state index in [1.54, 1.807) is 0 Å². The maximum Gasteiger partial charge on any atom is 0.0548 e. The molecule has 0 saturated carbocycles. The van der Waals surface area contributed by atoms with E-state index in [0.29, 0.717) is 5.92 Å². The lowest BCUT2D eigenvalue weighted by Crippen LogP contribution is -2.21. The van der Waals surface area contributed by atoms with E-state index in [1.807, 2.05) is 0 Å². The van der Waals surface area contributed by atoms with Crippen LogP contribution in [0.5, 0.6) is 0 Å². The Morgan fingerprint density at radius 2 is 1.90 bits per heavy atom. The molecule has 2 unspecified atom stereocenters. The molecule has 0 aromatic heterocycles. The molecule has 1 fully saturated rings. The van der Waals surface area contributed by atoms with Crippen LogP contribution in [-0.2, 0) is 6.42 Å². The SMILES string of the molecule is OC(CC1CCSCC1)CC1CCCc2ccccc21. The van der Waals surface area contributed by atoms with E-state index in [0.717, 1.165) is 18.8 Å². The van der Waals surface area contributed by atoms with Gasteiger partial charge in [0.1, 0.15) is 0 Å². The van der Waals surface area contributed by atoms with Crippen LogP contribution in [0.25, 0.3) is 0 Å². The van der Waals surface area contributed by atoms with Crippen molar-refractivity contribution in [3.8, 4) is 0 Å². The molecule has 20 heavy (non-hydrogen) atoms. The highest BCUT2D eigenvalue weighted by atomic mass is 32.2. The Bertz CT molecular complexity index is 425. The Labute approximate surface area is 127 Å². The number of aliphatic hydroxyl groups is 1. The van der Waals surface area contributed by atoms with Gasteiger partial charge in [-0.2, -0.15) is 11.8 Å². The molecule has 1 saturated heterocycles. The molecule has 0 amide bonds. The quantitative estimate of drug-likeness (QED) is 0.887. The van der Waals surface area contributed by atoms with Gasteiger partial charge in [0.05, 0.1) is 6.10 Å². The number of rotatable bonds is 4. The highest BCUT2D eigenvalue weighted by Crippen LogP contribution is 2.36. The molecule has 1 nitrogen and oxygen atoms in total. The van der Waals surface area contributed by atoms with E-state index in [1.165, 1.54) is 54.7 Å². The van der Waals surface area contributed by atoms with Crippen LogP contribution >= 0.6 is 11.8 Å². The lowest BCUT2D eigenvalue weighted by Gasteiger charge is -2.29. The first kappa shape index (κ1) is 14.5. The molecule has 3 rings (SSSR count). The Balaban J connectivity index is 1.57. The predicted molar refractivity (Wildman–Crippen MR) is 87.4 cm³/mol. The number of benzene rings is 1. The molecule has 0 spiro atoms. The molecule has 2 atom stereocenters. The standard InChI is InChI=1S/C18H26OS/c19-17(12-14-8-10-20-11-9-14)13-16-6-3-5-15-4-1-2-7-18(15)16/h1-2,4,7,14,16-17,19H,3,5-6,8-13H2. The molecule has 1 aromatic rings. The number of hydrogen-bond donors (Lipinski definition) is 1. The largest absolute Gasteiger partial charge is 0.393 e. The average molecular weight is 290 g/mol. The van der Waals surface area contributed by atoms with Crippen LogP contribution in [0, 0.1) is 5.92 Å². The summed E-state index contributed by atoms with van der Waals surface area (Å²) in [6.45, 7) is 0. The number of aliphatic hydroxyl groups excluding tert-OH is 1. The van der Waals surface area contributed by atoms with Crippen molar-refractivity contribution in [3.05, 3.63) is 35.4 Å². The van der Waals surface area contributed by atoms with Crippen molar-refractivity contribution in [3.63, 3.8) is 0 Å². The smallest absolute Gasteiger partial charge is 0.0548 e. The Morgan fingerprint density at radius 1 is 1.10 bits per heavy atom. The van der Waals surface area contributed by atoms with Crippen LogP contribution in [-0.4, -0.2) is 22.7 Å². The molecule has 0 bridgehead atoms. The van der Waals surface area contributed by atoms with Crippen molar-refractivity contribution >= 4 is 11.8 Å². The van der Waals surface area contributed by atoms with Crippen molar-refractivity contribution in [2.24, 2.45) is 5.92 Å². The topological polar surface area (TPSA) is 20.2 Å². The van der Waals surface area contributed by atoms with E-state index in [9.17, 15) is 5.11 Å². The van der Waals surface area contributed by atoms with E-state index >= 15 is 0 Å². The molecule has 1 aliphatic heterocycles. The van der Waals surface area contributed by atoms with E-state index in [2.05, 4.69) is 36.0 Å². The minimum atomic E-state index is -0.0979. The van der Waals surface area contributed by atoms with Gasteiger partial charge in [0.2, 0.25) is 0 Å². The summed E-state index contributed by atoms with van der Waals surface area (Å²) in [4.78, 5) is 0. The fraction of sp³-hybridized carbons (Fsp3) is 0.667. The molecule has 1 aromatic carbocycles. The van der Waals surface area contributed by atoms with Gasteiger partial charge in [0.25, 0.3) is 0 Å². The Morgan fingerprint density at radius 3 is 2.75 bits per heavy atom. The van der Waals surface area contributed by atoms with E-state index in [4.69, 9.17) is 0 Å². The maximum atomic E-state index is 10.5. The lowest BCUT2D eigenvalue weighted by atomic mass is 9.79. The Kier molecular flexibility index (Phi) is 5.06. The molecule has 0 radical (unpaired) electrons. The van der Waals surface area contributed by atoms with Gasteiger partial charge in [-0.15, -0.1) is 0 Å². The van der Waals surface area contributed by atoms with Gasteiger partial charge in [-0.3, -0.25) is 0 Å². The van der Waals surface area contributed by atoms with Crippen LogP contribution in [0.4, 0.5) is 0 Å². The van der Waals surface area contributed by atoms with Gasteiger partial charge in [-0.05, 0) is 79.4 Å². The average Bonchev–Trinajstić information content (AvgIpc) is 2.48. The van der Waals surface area contributed by atoms with Crippen LogP contribution in [0.15, 0.2) is 24.3 Å². The number of thioether (sulfide) groups is 1. The number of aryl methyl sites for hydroxylation is 1. The highest BCUT2D eigenvalue weighted by Gasteiger charge is 2.24. The molecule has 1 N–H and O–H groups in total. The van der Waals surface area contributed by atoms with Gasteiger partial charge in [-0.1, -0.05) is 24.3 Å². The zero-order chi connectivity index (χ0) is 13.8. The summed E-state index contributed by atoms with van der Waals surface area (Å²) >= 11 is 2.07. The third-order valence-corrected chi connectivity index (χ3v) is 6.05. The normalized spacial score (nSPS) is 25.1. The molecular weight excluding hydrogens is 264 g/mol. The summed E-state index contributed by atoms with van der Waals surface area (Å²) in [5.74, 6) is 3.95. The summed E-state index contributed by atoms with van der Waals surface area (Å²) in [5, 5.41) is 10.5. The summed E-state index contributed by atoms with van der Waals surface area (Å²) in [7, 11) is 0. The summed E-state index contributed by atoms with van der Waals surface area (Å²) in [6, 6.07) is 8.86. The second kappa shape index (κ2) is 7.00. The maximum absolute atomic E-state index is 10.5. The summed E-state index contributed by atoms with van der Waals surface area (Å²) < 4.78 is 0. The van der Waals surface area contributed by atoms with Crippen LogP contribution in [0.2, 0.25) is 0 Å². The number of fused-ring (bicyclic) bond motifs is 1. The second-order valence-corrected chi connectivity index (χ2v) is 7.69. The van der Waals surface area contributed by atoms with Gasteiger partial charge in [-0.25, -0.2) is 0 Å². The van der Waals surface area contributed by atoms with Crippen molar-refractivity contribution < 1.29 is 5.11 Å².